The number of carbonyl (C=O) groups is 2. The highest BCUT2D eigenvalue weighted by atomic mass is 79.9. The van der Waals surface area contributed by atoms with Gasteiger partial charge < -0.3 is 19.9 Å². The molecule has 0 bridgehead atoms. The number of aromatic amines is 1. The van der Waals surface area contributed by atoms with Crippen LogP contribution in [0.5, 0.6) is 0 Å². The smallest absolute Gasteiger partial charge is 0.410 e. The number of benzene rings is 2. The Balaban J connectivity index is 1.37. The molecule has 39 heavy (non-hydrogen) atoms. The number of H-pyrrole nitrogens is 1. The van der Waals surface area contributed by atoms with E-state index in [9.17, 15) is 18.4 Å². The van der Waals surface area contributed by atoms with Crippen molar-refractivity contribution in [1.29, 1.82) is 0 Å². The van der Waals surface area contributed by atoms with E-state index >= 15 is 0 Å². The normalized spacial score (nSPS) is 14.8. The molecule has 1 aliphatic rings. The van der Waals surface area contributed by atoms with Gasteiger partial charge in [0.2, 0.25) is 0 Å². The lowest BCUT2D eigenvalue weighted by atomic mass is 9.89. The number of nitrogens with one attached hydrogen (secondary N) is 2. The van der Waals surface area contributed by atoms with Gasteiger partial charge in [0.1, 0.15) is 22.9 Å². The van der Waals surface area contributed by atoms with Gasteiger partial charge in [0.25, 0.3) is 5.91 Å². The van der Waals surface area contributed by atoms with Crippen LogP contribution in [0.4, 0.5) is 13.6 Å². The topological polar surface area (TPSA) is 105 Å². The summed E-state index contributed by atoms with van der Waals surface area (Å²) in [6, 6.07) is 9.42. The lowest BCUT2D eigenvalue weighted by molar-refractivity contribution is -0.139. The largest absolute Gasteiger partial charge is 0.444 e. The first kappa shape index (κ1) is 26.8. The number of hydrogen-bond donors (Lipinski definition) is 2. The number of ether oxygens (including phenoxy) is 1. The van der Waals surface area contributed by atoms with E-state index in [1.807, 2.05) is 24.4 Å². The molecule has 5 rings (SSSR count). The maximum Gasteiger partial charge on any atom is 0.410 e. The van der Waals surface area contributed by atoms with Crippen LogP contribution in [-0.2, 0) is 21.5 Å². The summed E-state index contributed by atoms with van der Waals surface area (Å²) in [6.45, 7) is 5.48. The summed E-state index contributed by atoms with van der Waals surface area (Å²) in [7, 11) is 0. The lowest BCUT2D eigenvalue weighted by Gasteiger charge is -2.47. The molecule has 204 valence electrons. The first-order chi connectivity index (χ1) is 18.5. The maximum absolute atomic E-state index is 14.4. The van der Waals surface area contributed by atoms with E-state index in [0.717, 1.165) is 33.1 Å². The van der Waals surface area contributed by atoms with Crippen molar-refractivity contribution >= 4 is 38.8 Å². The van der Waals surface area contributed by atoms with Crippen molar-refractivity contribution in [1.82, 2.24) is 30.2 Å². The molecule has 9 nitrogen and oxygen atoms in total. The number of aromatic nitrogens is 4. The highest BCUT2D eigenvalue weighted by Gasteiger charge is 2.54. The Hall–Kier alpha value is -3.80. The molecule has 0 unspecified atom stereocenters. The standard InChI is InChI=1S/C27H27BrF2N6O3/c1-26(2,3)39-25(38)35-14-27(15-35,36-13-22(33-34-36)23-19(29)5-4-6-20(23)30)24(37)31-10-9-16-12-32-21-8-7-17(28)11-18(16)21/h4-8,11-13,32H,9-10,14-15H2,1-3H3,(H,31,37). The lowest BCUT2D eigenvalue weighted by Crippen LogP contribution is -2.70. The minimum Gasteiger partial charge on any atom is -0.444 e. The molecule has 1 aliphatic heterocycles. The zero-order valence-corrected chi connectivity index (χ0v) is 23.2. The van der Waals surface area contributed by atoms with Gasteiger partial charge in [-0.1, -0.05) is 27.2 Å². The second kappa shape index (κ2) is 10.1. The quantitative estimate of drug-likeness (QED) is 0.332. The van der Waals surface area contributed by atoms with Gasteiger partial charge in [-0.15, -0.1) is 5.10 Å². The van der Waals surface area contributed by atoms with E-state index in [-0.39, 0.29) is 24.3 Å². The van der Waals surface area contributed by atoms with Crippen molar-refractivity contribution in [3.63, 3.8) is 0 Å². The number of nitrogens with zero attached hydrogens (tertiary/aromatic N) is 4. The molecule has 1 saturated heterocycles. The monoisotopic (exact) mass is 600 g/mol. The summed E-state index contributed by atoms with van der Waals surface area (Å²) in [5, 5.41) is 12.0. The second-order valence-corrected chi connectivity index (χ2v) is 11.4. The summed E-state index contributed by atoms with van der Waals surface area (Å²) < 4.78 is 36.4. The van der Waals surface area contributed by atoms with E-state index in [4.69, 9.17) is 4.74 Å². The van der Waals surface area contributed by atoms with Crippen molar-refractivity contribution in [2.75, 3.05) is 19.6 Å². The van der Waals surface area contributed by atoms with Crippen molar-refractivity contribution in [2.24, 2.45) is 0 Å². The Kier molecular flexibility index (Phi) is 6.91. The Morgan fingerprint density at radius 3 is 2.59 bits per heavy atom. The summed E-state index contributed by atoms with van der Waals surface area (Å²) in [6.07, 6.45) is 3.21. The minimum atomic E-state index is -1.33. The maximum atomic E-state index is 14.4. The molecule has 12 heteroatoms. The van der Waals surface area contributed by atoms with Crippen LogP contribution >= 0.6 is 15.9 Å². The number of halogens is 3. The van der Waals surface area contributed by atoms with E-state index in [1.54, 1.807) is 20.8 Å². The van der Waals surface area contributed by atoms with Crippen LogP contribution in [0.15, 0.2) is 53.3 Å². The number of hydrogen-bond acceptors (Lipinski definition) is 5. The fourth-order valence-electron chi connectivity index (χ4n) is 4.60. The van der Waals surface area contributed by atoms with Gasteiger partial charge >= 0.3 is 6.09 Å². The van der Waals surface area contributed by atoms with Crippen LogP contribution in [-0.4, -0.2) is 62.1 Å². The Morgan fingerprint density at radius 1 is 1.18 bits per heavy atom. The van der Waals surface area contributed by atoms with E-state index in [0.29, 0.717) is 13.0 Å². The fourth-order valence-corrected chi connectivity index (χ4v) is 4.96. The third-order valence-corrected chi connectivity index (χ3v) is 7.03. The molecule has 1 fully saturated rings. The number of likely N-dealkylation sites (tertiary alicyclic amines) is 1. The summed E-state index contributed by atoms with van der Waals surface area (Å²) in [4.78, 5) is 30.8. The molecular weight excluding hydrogens is 574 g/mol. The molecule has 0 radical (unpaired) electrons. The Morgan fingerprint density at radius 2 is 1.90 bits per heavy atom. The SMILES string of the molecule is CC(C)(C)OC(=O)N1CC(C(=O)NCCc2c[nH]c3ccc(Br)cc23)(n2cc(-c3c(F)cccc3F)nn2)C1. The van der Waals surface area contributed by atoms with Crippen LogP contribution < -0.4 is 5.32 Å². The number of carbonyl (C=O) groups excluding carboxylic acids is 2. The predicted molar refractivity (Wildman–Crippen MR) is 144 cm³/mol. The van der Waals surface area contributed by atoms with E-state index in [2.05, 4.69) is 36.5 Å². The van der Waals surface area contributed by atoms with Crippen molar-refractivity contribution in [3.05, 3.63) is 70.5 Å². The third kappa shape index (κ3) is 5.25. The van der Waals surface area contributed by atoms with Gasteiger partial charge in [-0.05, 0) is 63.1 Å². The van der Waals surface area contributed by atoms with Gasteiger partial charge in [-0.2, -0.15) is 0 Å². The highest BCUT2D eigenvalue weighted by Crippen LogP contribution is 2.33. The van der Waals surface area contributed by atoms with E-state index in [1.165, 1.54) is 21.8 Å². The van der Waals surface area contributed by atoms with Crippen molar-refractivity contribution in [2.45, 2.75) is 38.3 Å². The predicted octanol–water partition coefficient (Wildman–Crippen LogP) is 4.77. The first-order valence-corrected chi connectivity index (χ1v) is 13.2. The zero-order chi connectivity index (χ0) is 27.9. The van der Waals surface area contributed by atoms with Crippen molar-refractivity contribution < 1.29 is 23.1 Å². The Labute approximate surface area is 231 Å². The molecule has 3 heterocycles. The fraction of sp³-hybridized carbons (Fsp3) is 0.333. The molecular formula is C27H27BrF2N6O3. The molecule has 0 atom stereocenters. The molecule has 4 aromatic rings. The minimum absolute atomic E-state index is 0.0453. The van der Waals surface area contributed by atoms with Gasteiger partial charge in [0.15, 0.2) is 5.54 Å². The van der Waals surface area contributed by atoms with Crippen LogP contribution in [0.25, 0.3) is 22.2 Å². The molecule has 2 aromatic carbocycles. The van der Waals surface area contributed by atoms with Gasteiger partial charge in [0.05, 0.1) is 24.8 Å². The third-order valence-electron chi connectivity index (χ3n) is 6.54. The van der Waals surface area contributed by atoms with Gasteiger partial charge in [-0.3, -0.25) is 4.79 Å². The van der Waals surface area contributed by atoms with Crippen LogP contribution in [0, 0.1) is 11.6 Å². The summed E-state index contributed by atoms with van der Waals surface area (Å²) in [5.74, 6) is -1.99. The highest BCUT2D eigenvalue weighted by molar-refractivity contribution is 9.10. The number of fused-ring (bicyclic) bond motifs is 1. The van der Waals surface area contributed by atoms with Crippen LogP contribution in [0.2, 0.25) is 0 Å². The van der Waals surface area contributed by atoms with E-state index < -0.39 is 34.8 Å². The Bertz CT molecular complexity index is 1530. The first-order valence-electron chi connectivity index (χ1n) is 12.4. The number of rotatable bonds is 6. The second-order valence-electron chi connectivity index (χ2n) is 10.5. The van der Waals surface area contributed by atoms with Gasteiger partial charge in [-0.25, -0.2) is 18.3 Å². The molecule has 2 amide bonds. The molecule has 0 saturated carbocycles. The molecule has 0 aliphatic carbocycles. The van der Waals surface area contributed by atoms with Crippen molar-refractivity contribution in [3.8, 4) is 11.3 Å². The summed E-state index contributed by atoms with van der Waals surface area (Å²) >= 11 is 3.49. The molecule has 2 N–H and O–H groups in total. The van der Waals surface area contributed by atoms with Crippen LogP contribution in [0.3, 0.4) is 0 Å². The van der Waals surface area contributed by atoms with Crippen LogP contribution in [0.1, 0.15) is 26.3 Å². The molecule has 0 spiro atoms. The average molecular weight is 601 g/mol. The zero-order valence-electron chi connectivity index (χ0n) is 21.6. The molecule has 2 aromatic heterocycles. The summed E-state index contributed by atoms with van der Waals surface area (Å²) in [5.41, 5.74) is -0.422. The average Bonchev–Trinajstić information content (AvgIpc) is 3.45. The van der Waals surface area contributed by atoms with Gasteiger partial charge in [0, 0.05) is 28.1 Å². The number of amides is 2.